The average Bonchev–Trinajstić information content (AvgIpc) is 2.30. The van der Waals surface area contributed by atoms with Crippen molar-refractivity contribution in [3.63, 3.8) is 0 Å². The van der Waals surface area contributed by atoms with E-state index in [0.29, 0.717) is 11.5 Å². The van der Waals surface area contributed by atoms with E-state index >= 15 is 0 Å². The molecule has 0 aliphatic carbocycles. The maximum absolute atomic E-state index is 10.5. The Hall–Kier alpha value is -1.66. The predicted molar refractivity (Wildman–Crippen MR) is 57.9 cm³/mol. The van der Waals surface area contributed by atoms with Crippen LogP contribution in [-0.2, 0) is 16.8 Å². The smallest absolute Gasteiger partial charge is 0.140 e. The minimum absolute atomic E-state index is 0.168. The van der Waals surface area contributed by atoms with E-state index in [0.717, 1.165) is 5.56 Å². The summed E-state index contributed by atoms with van der Waals surface area (Å²) in [4.78, 5) is 11.9. The lowest BCUT2D eigenvalue weighted by Crippen LogP contribution is -2.00. The van der Waals surface area contributed by atoms with E-state index in [1.807, 2.05) is 0 Å². The van der Waals surface area contributed by atoms with Crippen LogP contribution < -0.4 is 0 Å². The fourth-order valence-electron chi connectivity index (χ4n) is 1.26. The van der Waals surface area contributed by atoms with Crippen molar-refractivity contribution in [3.05, 3.63) is 42.6 Å². The number of aromatic nitrogens is 3. The van der Waals surface area contributed by atoms with Crippen LogP contribution in [0.4, 0.5) is 0 Å². The van der Waals surface area contributed by atoms with Crippen molar-refractivity contribution in [3.8, 4) is 11.3 Å². The molecule has 0 saturated carbocycles. The third-order valence-corrected chi connectivity index (χ3v) is 2.42. The normalized spacial score (nSPS) is 12.3. The first-order valence-electron chi connectivity index (χ1n) is 4.54. The van der Waals surface area contributed by atoms with Crippen LogP contribution >= 0.6 is 0 Å². The van der Waals surface area contributed by atoms with Crippen molar-refractivity contribution in [1.82, 2.24) is 15.0 Å². The highest BCUT2D eigenvalue weighted by molar-refractivity contribution is 7.78. The molecule has 1 unspecified atom stereocenters. The van der Waals surface area contributed by atoms with E-state index < -0.39 is 11.1 Å². The molecule has 0 amide bonds. The van der Waals surface area contributed by atoms with E-state index in [2.05, 4.69) is 15.0 Å². The quantitative estimate of drug-likeness (QED) is 0.738. The second-order valence-corrected chi connectivity index (χ2v) is 3.94. The Balaban J connectivity index is 2.33. The van der Waals surface area contributed by atoms with Crippen LogP contribution in [0.1, 0.15) is 5.82 Å². The first-order chi connectivity index (χ1) is 7.75. The van der Waals surface area contributed by atoms with Gasteiger partial charge in [-0.25, -0.2) is 9.97 Å². The molecule has 82 valence electrons. The van der Waals surface area contributed by atoms with Crippen LogP contribution in [0.2, 0.25) is 0 Å². The Kier molecular flexibility index (Phi) is 3.33. The van der Waals surface area contributed by atoms with Crippen molar-refractivity contribution >= 4 is 11.1 Å². The second-order valence-electron chi connectivity index (χ2n) is 3.04. The molecule has 2 aromatic rings. The van der Waals surface area contributed by atoms with Crippen LogP contribution in [0.3, 0.4) is 0 Å². The van der Waals surface area contributed by atoms with E-state index in [9.17, 15) is 8.76 Å². The van der Waals surface area contributed by atoms with Gasteiger partial charge in [0, 0.05) is 24.2 Å². The van der Waals surface area contributed by atoms with Crippen molar-refractivity contribution in [2.24, 2.45) is 0 Å². The number of pyridine rings is 1. The summed E-state index contributed by atoms with van der Waals surface area (Å²) in [5.74, 6) is 0.126. The van der Waals surface area contributed by atoms with Gasteiger partial charge in [0.1, 0.15) is 5.82 Å². The topological polar surface area (TPSA) is 78.8 Å². The Labute approximate surface area is 94.9 Å². The molecule has 2 aromatic heterocycles. The monoisotopic (exact) mass is 234 g/mol. The van der Waals surface area contributed by atoms with Crippen molar-refractivity contribution in [2.45, 2.75) is 5.75 Å². The van der Waals surface area contributed by atoms with Gasteiger partial charge in [-0.15, -0.1) is 0 Å². The largest absolute Gasteiger partial charge is 0.772 e. The molecule has 2 heterocycles. The van der Waals surface area contributed by atoms with Crippen LogP contribution in [0.5, 0.6) is 0 Å². The Morgan fingerprint density at radius 2 is 1.94 bits per heavy atom. The standard InChI is InChI=1S/C10H9N3O2S/c14-16(15)7-10-12-6-3-9(13-10)8-1-4-11-5-2-8/h1-6H,7H2,(H,14,15)/p-1. The Morgan fingerprint density at radius 3 is 2.62 bits per heavy atom. The molecule has 0 N–H and O–H groups in total. The first-order valence-corrected chi connectivity index (χ1v) is 5.78. The summed E-state index contributed by atoms with van der Waals surface area (Å²) in [7, 11) is 0. The molecule has 0 spiro atoms. The first kappa shape index (κ1) is 10.8. The van der Waals surface area contributed by atoms with Gasteiger partial charge in [-0.1, -0.05) is 0 Å². The lowest BCUT2D eigenvalue weighted by Gasteiger charge is -2.05. The van der Waals surface area contributed by atoms with E-state index in [1.54, 1.807) is 36.8 Å². The zero-order valence-corrected chi connectivity index (χ0v) is 9.05. The third-order valence-electron chi connectivity index (χ3n) is 1.93. The summed E-state index contributed by atoms with van der Waals surface area (Å²) >= 11 is -2.17. The van der Waals surface area contributed by atoms with Gasteiger partial charge in [-0.2, -0.15) is 0 Å². The van der Waals surface area contributed by atoms with Crippen LogP contribution in [0, 0.1) is 0 Å². The molecular formula is C10H8N3O2S-. The van der Waals surface area contributed by atoms with Crippen LogP contribution in [0.25, 0.3) is 11.3 Å². The summed E-state index contributed by atoms with van der Waals surface area (Å²) < 4.78 is 21.1. The molecule has 0 radical (unpaired) electrons. The fourth-order valence-corrected chi connectivity index (χ4v) is 1.61. The lowest BCUT2D eigenvalue weighted by molar-refractivity contribution is 0.535. The summed E-state index contributed by atoms with van der Waals surface area (Å²) in [5, 5.41) is 0. The number of hydrogen-bond acceptors (Lipinski definition) is 5. The summed E-state index contributed by atoms with van der Waals surface area (Å²) in [6.07, 6.45) is 4.86. The van der Waals surface area contributed by atoms with E-state index in [-0.39, 0.29) is 5.75 Å². The van der Waals surface area contributed by atoms with Crippen LogP contribution in [-0.4, -0.2) is 23.7 Å². The molecule has 0 saturated heterocycles. The molecule has 6 heteroatoms. The molecule has 0 bridgehead atoms. The van der Waals surface area contributed by atoms with Crippen molar-refractivity contribution in [1.29, 1.82) is 0 Å². The maximum atomic E-state index is 10.5. The molecule has 0 aliphatic rings. The highest BCUT2D eigenvalue weighted by Crippen LogP contribution is 2.14. The van der Waals surface area contributed by atoms with Gasteiger partial charge < -0.3 is 4.55 Å². The van der Waals surface area contributed by atoms with Gasteiger partial charge in [-0.3, -0.25) is 9.19 Å². The summed E-state index contributed by atoms with van der Waals surface area (Å²) in [6, 6.07) is 5.34. The zero-order chi connectivity index (χ0) is 11.4. The maximum Gasteiger partial charge on any atom is 0.140 e. The van der Waals surface area contributed by atoms with Crippen molar-refractivity contribution < 1.29 is 8.76 Å². The average molecular weight is 234 g/mol. The molecule has 0 aromatic carbocycles. The fraction of sp³-hybridized carbons (Fsp3) is 0.100. The summed E-state index contributed by atoms with van der Waals surface area (Å²) in [5.41, 5.74) is 1.58. The molecule has 5 nitrogen and oxygen atoms in total. The highest BCUT2D eigenvalue weighted by Gasteiger charge is 2.01. The minimum Gasteiger partial charge on any atom is -0.772 e. The van der Waals surface area contributed by atoms with Gasteiger partial charge in [0.15, 0.2) is 0 Å². The molecule has 16 heavy (non-hydrogen) atoms. The summed E-state index contributed by atoms with van der Waals surface area (Å²) in [6.45, 7) is 0. The SMILES string of the molecule is O=S([O-])Cc1nccc(-c2ccncc2)n1. The number of nitrogens with zero attached hydrogens (tertiary/aromatic N) is 3. The van der Waals surface area contributed by atoms with Gasteiger partial charge in [0.2, 0.25) is 0 Å². The van der Waals surface area contributed by atoms with Gasteiger partial charge in [-0.05, 0) is 29.3 Å². The van der Waals surface area contributed by atoms with Gasteiger partial charge in [0.25, 0.3) is 0 Å². The number of hydrogen-bond donors (Lipinski definition) is 0. The van der Waals surface area contributed by atoms with Crippen molar-refractivity contribution in [2.75, 3.05) is 0 Å². The lowest BCUT2D eigenvalue weighted by atomic mass is 10.2. The highest BCUT2D eigenvalue weighted by atomic mass is 32.2. The molecule has 1 atom stereocenters. The molecule has 2 rings (SSSR count). The Bertz CT molecular complexity index is 504. The number of rotatable bonds is 3. The predicted octanol–water partition coefficient (Wildman–Crippen LogP) is 0.918. The van der Waals surface area contributed by atoms with Crippen LogP contribution in [0.15, 0.2) is 36.8 Å². The third kappa shape index (κ3) is 2.68. The molecule has 0 fully saturated rings. The van der Waals surface area contributed by atoms with Gasteiger partial charge >= 0.3 is 0 Å². The van der Waals surface area contributed by atoms with E-state index in [1.165, 1.54) is 0 Å². The Morgan fingerprint density at radius 1 is 1.19 bits per heavy atom. The molecule has 0 aliphatic heterocycles. The van der Waals surface area contributed by atoms with Gasteiger partial charge in [0.05, 0.1) is 11.4 Å². The molecular weight excluding hydrogens is 226 g/mol. The van der Waals surface area contributed by atoms with E-state index in [4.69, 9.17) is 0 Å². The zero-order valence-electron chi connectivity index (χ0n) is 8.24. The minimum atomic E-state index is -2.17. The second kappa shape index (κ2) is 4.91.